The quantitative estimate of drug-likeness (QED) is 0.820. The van der Waals surface area contributed by atoms with E-state index in [1.54, 1.807) is 6.92 Å². The Kier molecular flexibility index (Phi) is 5.33. The van der Waals surface area contributed by atoms with Gasteiger partial charge in [-0.3, -0.25) is 9.59 Å². The number of hydrogen-bond donors (Lipinski definition) is 2. The van der Waals surface area contributed by atoms with Gasteiger partial charge in [0.2, 0.25) is 11.8 Å². The van der Waals surface area contributed by atoms with Crippen molar-refractivity contribution in [1.29, 1.82) is 0 Å². The summed E-state index contributed by atoms with van der Waals surface area (Å²) >= 11 is 5.78. The third-order valence-corrected chi connectivity index (χ3v) is 3.25. The van der Waals surface area contributed by atoms with E-state index in [4.69, 9.17) is 11.6 Å². The van der Waals surface area contributed by atoms with E-state index in [-0.39, 0.29) is 17.2 Å². The van der Waals surface area contributed by atoms with E-state index < -0.39 is 0 Å². The normalized spacial score (nSPS) is 15.9. The van der Waals surface area contributed by atoms with E-state index in [1.807, 2.05) is 24.3 Å². The zero-order valence-electron chi connectivity index (χ0n) is 11.9. The van der Waals surface area contributed by atoms with Gasteiger partial charge in [0.15, 0.2) is 0 Å². The molecule has 0 saturated heterocycles. The van der Waals surface area contributed by atoms with Gasteiger partial charge in [0, 0.05) is 36.0 Å². The van der Waals surface area contributed by atoms with E-state index >= 15 is 0 Å². The highest BCUT2D eigenvalue weighted by molar-refractivity contribution is 6.21. The molecule has 0 bridgehead atoms. The van der Waals surface area contributed by atoms with E-state index in [0.29, 0.717) is 25.7 Å². The minimum atomic E-state index is -0.177. The molecule has 2 rings (SSSR count). The maximum absolute atomic E-state index is 11.6. The molecule has 21 heavy (non-hydrogen) atoms. The Hall–Kier alpha value is -1.88. The number of halogens is 1. The third-order valence-electron chi connectivity index (χ3n) is 3.09. The van der Waals surface area contributed by atoms with E-state index in [1.165, 1.54) is 0 Å². The highest BCUT2D eigenvalue weighted by Gasteiger charge is 2.12. The Morgan fingerprint density at radius 1 is 1.38 bits per heavy atom. The molecule has 0 aromatic heterocycles. The van der Waals surface area contributed by atoms with Crippen LogP contribution in [0.25, 0.3) is 0 Å². The van der Waals surface area contributed by atoms with Gasteiger partial charge in [0.05, 0.1) is 0 Å². The first-order valence-corrected chi connectivity index (χ1v) is 7.33. The van der Waals surface area contributed by atoms with Crippen molar-refractivity contribution in [2.24, 2.45) is 5.10 Å². The second-order valence-electron chi connectivity index (χ2n) is 5.12. The number of carbonyl (C=O) groups excluding carboxylic acids is 2. The first-order valence-electron chi connectivity index (χ1n) is 6.90. The lowest BCUT2D eigenvalue weighted by Crippen LogP contribution is -2.26. The highest BCUT2D eigenvalue weighted by atomic mass is 35.5. The van der Waals surface area contributed by atoms with E-state index in [2.05, 4.69) is 15.8 Å². The predicted molar refractivity (Wildman–Crippen MR) is 83.5 cm³/mol. The van der Waals surface area contributed by atoms with Crippen LogP contribution in [0.15, 0.2) is 29.4 Å². The van der Waals surface area contributed by atoms with Gasteiger partial charge in [0.1, 0.15) is 0 Å². The van der Waals surface area contributed by atoms with Gasteiger partial charge >= 0.3 is 0 Å². The molecule has 112 valence electrons. The first kappa shape index (κ1) is 15.5. The van der Waals surface area contributed by atoms with Crippen LogP contribution >= 0.6 is 11.6 Å². The molecule has 5 nitrogen and oxygen atoms in total. The van der Waals surface area contributed by atoms with Gasteiger partial charge in [0.25, 0.3) is 0 Å². The van der Waals surface area contributed by atoms with Gasteiger partial charge < -0.3 is 5.32 Å². The van der Waals surface area contributed by atoms with Crippen LogP contribution in [0.4, 0.5) is 5.69 Å². The number of carbonyl (C=O) groups is 2. The average molecular weight is 308 g/mol. The van der Waals surface area contributed by atoms with Crippen LogP contribution < -0.4 is 10.7 Å². The molecule has 1 aliphatic rings. The standard InChI is InChI=1S/C15H18ClN3O2/c1-10(16)8-15(21)17-12-4-2-11(3-5-12)9-13-6-7-14(20)19-18-13/h2-5,10H,6-9H2,1H3,(H,17,21)(H,19,20). The molecule has 1 heterocycles. The molecule has 1 atom stereocenters. The maximum Gasteiger partial charge on any atom is 0.240 e. The molecule has 1 aromatic carbocycles. The number of hydrazone groups is 1. The van der Waals surface area contributed by atoms with Gasteiger partial charge in [-0.05, 0) is 31.0 Å². The number of amides is 2. The van der Waals surface area contributed by atoms with Crippen molar-refractivity contribution in [3.05, 3.63) is 29.8 Å². The number of hydrogen-bond acceptors (Lipinski definition) is 3. The molecule has 0 spiro atoms. The molecule has 2 amide bonds. The highest BCUT2D eigenvalue weighted by Crippen LogP contribution is 2.13. The monoisotopic (exact) mass is 307 g/mol. The second-order valence-corrected chi connectivity index (χ2v) is 5.86. The topological polar surface area (TPSA) is 70.6 Å². The lowest BCUT2D eigenvalue weighted by atomic mass is 10.0. The molecule has 6 heteroatoms. The first-order chi connectivity index (χ1) is 10.0. The molecule has 0 fully saturated rings. The Morgan fingerprint density at radius 3 is 2.67 bits per heavy atom. The maximum atomic E-state index is 11.6. The van der Waals surface area contributed by atoms with Crippen molar-refractivity contribution in [1.82, 2.24) is 5.43 Å². The van der Waals surface area contributed by atoms with Crippen LogP contribution in [0, 0.1) is 0 Å². The summed E-state index contributed by atoms with van der Waals surface area (Å²) < 4.78 is 0. The third kappa shape index (κ3) is 5.19. The molecular formula is C15H18ClN3O2. The molecule has 1 aliphatic heterocycles. The van der Waals surface area contributed by atoms with Crippen molar-refractivity contribution in [2.75, 3.05) is 5.32 Å². The van der Waals surface area contributed by atoms with Gasteiger partial charge in [-0.2, -0.15) is 5.10 Å². The van der Waals surface area contributed by atoms with Crippen LogP contribution in [0.1, 0.15) is 31.7 Å². The summed E-state index contributed by atoms with van der Waals surface area (Å²) in [4.78, 5) is 22.6. The van der Waals surface area contributed by atoms with Gasteiger partial charge in [-0.25, -0.2) is 5.43 Å². The molecule has 1 unspecified atom stereocenters. The lowest BCUT2D eigenvalue weighted by molar-refractivity contribution is -0.121. The van der Waals surface area contributed by atoms with Crippen LogP contribution in [-0.2, 0) is 16.0 Å². The van der Waals surface area contributed by atoms with Gasteiger partial charge in [-0.1, -0.05) is 12.1 Å². The van der Waals surface area contributed by atoms with Crippen LogP contribution in [0.2, 0.25) is 0 Å². The smallest absolute Gasteiger partial charge is 0.240 e. The molecule has 0 saturated carbocycles. The molecule has 1 aromatic rings. The van der Waals surface area contributed by atoms with Crippen molar-refractivity contribution < 1.29 is 9.59 Å². The molecule has 0 radical (unpaired) electrons. The number of anilines is 1. The summed E-state index contributed by atoms with van der Waals surface area (Å²) in [7, 11) is 0. The number of alkyl halides is 1. The summed E-state index contributed by atoms with van der Waals surface area (Å²) in [5.41, 5.74) is 5.29. The number of nitrogens with one attached hydrogen (secondary N) is 2. The fraction of sp³-hybridized carbons (Fsp3) is 0.400. The summed E-state index contributed by atoms with van der Waals surface area (Å²) in [5, 5.41) is 6.66. The van der Waals surface area contributed by atoms with Crippen LogP contribution in [0.5, 0.6) is 0 Å². The number of benzene rings is 1. The zero-order valence-corrected chi connectivity index (χ0v) is 12.6. The Labute approximate surface area is 128 Å². The minimum Gasteiger partial charge on any atom is -0.326 e. The average Bonchev–Trinajstić information content (AvgIpc) is 2.42. The fourth-order valence-corrected chi connectivity index (χ4v) is 2.19. The SMILES string of the molecule is CC(Cl)CC(=O)Nc1ccc(CC2=NNC(=O)CC2)cc1. The summed E-state index contributed by atoms with van der Waals surface area (Å²) in [6, 6.07) is 7.60. The zero-order chi connectivity index (χ0) is 15.2. The Morgan fingerprint density at radius 2 is 2.10 bits per heavy atom. The summed E-state index contributed by atoms with van der Waals surface area (Å²) in [6.45, 7) is 1.79. The van der Waals surface area contributed by atoms with Crippen LogP contribution in [-0.4, -0.2) is 22.9 Å². The fourth-order valence-electron chi connectivity index (χ4n) is 2.05. The number of rotatable bonds is 5. The van der Waals surface area contributed by atoms with Crippen molar-refractivity contribution >= 4 is 34.8 Å². The van der Waals surface area contributed by atoms with Crippen molar-refractivity contribution in [2.45, 2.75) is 38.0 Å². The molecular weight excluding hydrogens is 290 g/mol. The van der Waals surface area contributed by atoms with E-state index in [9.17, 15) is 9.59 Å². The Bertz CT molecular complexity index is 553. The van der Waals surface area contributed by atoms with Gasteiger partial charge in [-0.15, -0.1) is 11.6 Å². The largest absolute Gasteiger partial charge is 0.326 e. The summed E-state index contributed by atoms with van der Waals surface area (Å²) in [5.74, 6) is -0.130. The predicted octanol–water partition coefficient (Wildman–Crippen LogP) is 2.45. The van der Waals surface area contributed by atoms with Crippen molar-refractivity contribution in [3.8, 4) is 0 Å². The van der Waals surface area contributed by atoms with E-state index in [0.717, 1.165) is 17.0 Å². The lowest BCUT2D eigenvalue weighted by Gasteiger charge is -2.12. The molecule has 0 aliphatic carbocycles. The number of nitrogens with zero attached hydrogens (tertiary/aromatic N) is 1. The molecule has 2 N–H and O–H groups in total. The Balaban J connectivity index is 1.90. The summed E-state index contributed by atoms with van der Waals surface area (Å²) in [6.07, 6.45) is 2.18. The van der Waals surface area contributed by atoms with Crippen LogP contribution in [0.3, 0.4) is 0 Å². The van der Waals surface area contributed by atoms with Crippen molar-refractivity contribution in [3.63, 3.8) is 0 Å². The minimum absolute atomic E-state index is 0.0367. The second kappa shape index (κ2) is 7.22.